The molecule has 3 heterocycles. The number of hydrazone groups is 1. The van der Waals surface area contributed by atoms with E-state index in [0.717, 1.165) is 16.2 Å². The third-order valence-corrected chi connectivity index (χ3v) is 8.45. The molecule has 1 N–H and O–H groups in total. The number of aromatic nitrogens is 3. The maximum Gasteiger partial charge on any atom is 0.253 e. The van der Waals surface area contributed by atoms with Gasteiger partial charge in [0.25, 0.3) is 11.8 Å². The molecule has 1 atom stereocenters. The van der Waals surface area contributed by atoms with Gasteiger partial charge in [-0.3, -0.25) is 9.59 Å². The summed E-state index contributed by atoms with van der Waals surface area (Å²) < 4.78 is 25.8. The minimum absolute atomic E-state index is 0.0723. The quantitative estimate of drug-likeness (QED) is 0.271. The Labute approximate surface area is 244 Å². The molecule has 2 aromatic carbocycles. The number of hydrogen-bond donors (Lipinski definition) is 1. The normalized spacial score (nSPS) is 14.6. The number of rotatable bonds is 10. The third-order valence-electron chi connectivity index (χ3n) is 6.53. The zero-order chi connectivity index (χ0) is 28.9. The minimum Gasteiger partial charge on any atom is -0.493 e. The second-order valence-electron chi connectivity index (χ2n) is 9.03. The van der Waals surface area contributed by atoms with E-state index in [1.807, 2.05) is 17.5 Å². The second kappa shape index (κ2) is 12.5. The monoisotopic (exact) mass is 594 g/mol. The van der Waals surface area contributed by atoms with Crippen molar-refractivity contribution in [3.05, 3.63) is 87.6 Å². The van der Waals surface area contributed by atoms with Crippen LogP contribution in [0.3, 0.4) is 0 Å². The first-order valence-electron chi connectivity index (χ1n) is 12.6. The first kappa shape index (κ1) is 28.3. The van der Waals surface area contributed by atoms with Crippen LogP contribution in [0, 0.1) is 5.82 Å². The molecule has 0 bridgehead atoms. The minimum atomic E-state index is -0.336. The van der Waals surface area contributed by atoms with Gasteiger partial charge in [-0.2, -0.15) is 5.10 Å². The Balaban J connectivity index is 1.23. The molecule has 0 fully saturated rings. The zero-order valence-electron chi connectivity index (χ0n) is 22.5. The molecule has 2 amide bonds. The highest BCUT2D eigenvalue weighted by Gasteiger charge is 2.33. The van der Waals surface area contributed by atoms with Crippen LogP contribution < -0.4 is 14.8 Å². The number of methoxy groups -OCH3 is 2. The molecule has 1 aliphatic heterocycles. The Morgan fingerprint density at radius 3 is 2.59 bits per heavy atom. The number of benzene rings is 2. The first-order valence-corrected chi connectivity index (χ1v) is 14.4. The van der Waals surface area contributed by atoms with Crippen molar-refractivity contribution >= 4 is 40.6 Å². The van der Waals surface area contributed by atoms with Crippen LogP contribution in [0.4, 0.5) is 4.39 Å². The molecule has 2 aromatic heterocycles. The fraction of sp³-hybridized carbons (Fsp3) is 0.250. The average Bonchev–Trinajstić information content (AvgIpc) is 3.75. The van der Waals surface area contributed by atoms with Crippen LogP contribution in [0.25, 0.3) is 0 Å². The van der Waals surface area contributed by atoms with Gasteiger partial charge in [0, 0.05) is 19.0 Å². The molecule has 0 saturated heterocycles. The van der Waals surface area contributed by atoms with Gasteiger partial charge < -0.3 is 19.4 Å². The number of carbonyl (C=O) groups is 2. The lowest BCUT2D eigenvalue weighted by atomic mass is 10.0. The number of thiophene rings is 1. The molecule has 0 unspecified atom stereocenters. The number of nitrogens with one attached hydrogen (secondary N) is 1. The van der Waals surface area contributed by atoms with E-state index in [-0.39, 0.29) is 36.0 Å². The first-order chi connectivity index (χ1) is 19.9. The molecule has 13 heteroatoms. The second-order valence-corrected chi connectivity index (χ2v) is 10.9. The van der Waals surface area contributed by atoms with Crippen molar-refractivity contribution in [3.8, 4) is 11.5 Å². The SMILES string of the molecule is COc1ccc(C(=O)NCc2nnc(SCC(=O)N3N=C(c4cccs4)C[C@@H]3c3ccc(F)cc3)n2C)cc1OC. The van der Waals surface area contributed by atoms with E-state index in [1.54, 1.807) is 53.3 Å². The Kier molecular flexibility index (Phi) is 8.64. The third kappa shape index (κ3) is 6.25. The number of halogens is 1. The summed E-state index contributed by atoms with van der Waals surface area (Å²) in [7, 11) is 4.80. The summed E-state index contributed by atoms with van der Waals surface area (Å²) in [4.78, 5) is 27.1. The molecule has 0 saturated carbocycles. The summed E-state index contributed by atoms with van der Waals surface area (Å²) in [6.45, 7) is 0.137. The summed E-state index contributed by atoms with van der Waals surface area (Å²) in [6, 6.07) is 14.6. The number of hydrogen-bond acceptors (Lipinski definition) is 9. The zero-order valence-corrected chi connectivity index (χ0v) is 24.2. The fourth-order valence-corrected chi connectivity index (χ4v) is 5.84. The molecule has 0 radical (unpaired) electrons. The van der Waals surface area contributed by atoms with Crippen LogP contribution in [-0.4, -0.2) is 57.3 Å². The molecule has 212 valence electrons. The smallest absolute Gasteiger partial charge is 0.253 e. The van der Waals surface area contributed by atoms with Crippen molar-refractivity contribution in [2.45, 2.75) is 24.2 Å². The standard InChI is InChI=1S/C28H27FN6O4S2/c1-34-25(15-30-27(37)18-8-11-22(38-2)23(13-18)39-3)31-32-28(34)41-16-26(36)35-21(17-6-9-19(29)10-7-17)14-20(33-35)24-5-4-12-40-24/h4-13,21H,14-16H2,1-3H3,(H,30,37)/t21-/m1/s1. The van der Waals surface area contributed by atoms with Gasteiger partial charge in [-0.1, -0.05) is 30.0 Å². The van der Waals surface area contributed by atoms with Crippen molar-refractivity contribution < 1.29 is 23.5 Å². The number of ether oxygens (including phenoxy) is 2. The van der Waals surface area contributed by atoms with Gasteiger partial charge in [-0.25, -0.2) is 9.40 Å². The number of carbonyl (C=O) groups excluding carboxylic acids is 2. The predicted molar refractivity (Wildman–Crippen MR) is 154 cm³/mol. The van der Waals surface area contributed by atoms with Gasteiger partial charge in [0.15, 0.2) is 22.5 Å². The van der Waals surface area contributed by atoms with Gasteiger partial charge >= 0.3 is 0 Å². The van der Waals surface area contributed by atoms with Gasteiger partial charge in [0.2, 0.25) is 0 Å². The van der Waals surface area contributed by atoms with Crippen LogP contribution >= 0.6 is 23.1 Å². The maximum atomic E-state index is 13.6. The van der Waals surface area contributed by atoms with Crippen molar-refractivity contribution in [2.75, 3.05) is 20.0 Å². The summed E-state index contributed by atoms with van der Waals surface area (Å²) in [5.74, 6) is 0.729. The molecular weight excluding hydrogens is 567 g/mol. The molecule has 4 aromatic rings. The van der Waals surface area contributed by atoms with Crippen molar-refractivity contribution in [1.29, 1.82) is 0 Å². The highest BCUT2D eigenvalue weighted by molar-refractivity contribution is 7.99. The van der Waals surface area contributed by atoms with Crippen molar-refractivity contribution in [2.24, 2.45) is 12.1 Å². The van der Waals surface area contributed by atoms with E-state index in [4.69, 9.17) is 9.47 Å². The highest BCUT2D eigenvalue weighted by Crippen LogP contribution is 2.35. The van der Waals surface area contributed by atoms with Crippen molar-refractivity contribution in [3.63, 3.8) is 0 Å². The lowest BCUT2D eigenvalue weighted by Crippen LogP contribution is -2.28. The van der Waals surface area contributed by atoms with E-state index in [9.17, 15) is 14.0 Å². The van der Waals surface area contributed by atoms with Gasteiger partial charge in [-0.05, 0) is 47.3 Å². The average molecular weight is 595 g/mol. The van der Waals surface area contributed by atoms with Crippen LogP contribution in [0.15, 0.2) is 70.2 Å². The summed E-state index contributed by atoms with van der Waals surface area (Å²) in [6.07, 6.45) is 0.538. The lowest BCUT2D eigenvalue weighted by Gasteiger charge is -2.21. The summed E-state index contributed by atoms with van der Waals surface area (Å²) >= 11 is 2.79. The Bertz CT molecular complexity index is 1570. The van der Waals surface area contributed by atoms with Crippen LogP contribution in [-0.2, 0) is 18.4 Å². The highest BCUT2D eigenvalue weighted by atomic mass is 32.2. The fourth-order valence-electron chi connectivity index (χ4n) is 4.33. The Hall–Kier alpha value is -4.23. The topological polar surface area (TPSA) is 111 Å². The molecule has 5 rings (SSSR count). The number of thioether (sulfide) groups is 1. The molecule has 10 nitrogen and oxygen atoms in total. The molecule has 0 spiro atoms. The Morgan fingerprint density at radius 1 is 1.10 bits per heavy atom. The Morgan fingerprint density at radius 2 is 1.88 bits per heavy atom. The van der Waals surface area contributed by atoms with Crippen LogP contribution in [0.2, 0.25) is 0 Å². The van der Waals surface area contributed by atoms with E-state index in [1.165, 1.54) is 43.1 Å². The van der Waals surface area contributed by atoms with E-state index < -0.39 is 0 Å². The maximum absolute atomic E-state index is 13.6. The molecule has 0 aliphatic carbocycles. The van der Waals surface area contributed by atoms with Crippen LogP contribution in [0.5, 0.6) is 11.5 Å². The molecule has 1 aliphatic rings. The number of nitrogens with zero attached hydrogens (tertiary/aromatic N) is 5. The largest absolute Gasteiger partial charge is 0.493 e. The molecular formula is C28H27FN6O4S2. The summed E-state index contributed by atoms with van der Waals surface area (Å²) in [5, 5.41) is 19.8. The predicted octanol–water partition coefficient (Wildman–Crippen LogP) is 4.43. The number of amides is 2. The van der Waals surface area contributed by atoms with Gasteiger partial charge in [0.05, 0.1) is 43.1 Å². The molecule has 41 heavy (non-hydrogen) atoms. The van der Waals surface area contributed by atoms with E-state index >= 15 is 0 Å². The van der Waals surface area contributed by atoms with Crippen molar-refractivity contribution in [1.82, 2.24) is 25.1 Å². The van der Waals surface area contributed by atoms with Gasteiger partial charge in [0.1, 0.15) is 5.82 Å². The lowest BCUT2D eigenvalue weighted by molar-refractivity contribution is -0.130. The van der Waals surface area contributed by atoms with Gasteiger partial charge in [-0.15, -0.1) is 21.5 Å². The van der Waals surface area contributed by atoms with Crippen LogP contribution in [0.1, 0.15) is 39.1 Å². The van der Waals surface area contributed by atoms with E-state index in [2.05, 4.69) is 20.6 Å². The summed E-state index contributed by atoms with van der Waals surface area (Å²) in [5.41, 5.74) is 2.04. The van der Waals surface area contributed by atoms with E-state index in [0.29, 0.717) is 34.5 Å².